The molecule has 0 saturated carbocycles. The fourth-order valence-electron chi connectivity index (χ4n) is 3.18. The molecule has 0 aliphatic carbocycles. The molecule has 2 N–H and O–H groups in total. The first-order valence-electron chi connectivity index (χ1n) is 11.5. The van der Waals surface area contributed by atoms with Gasteiger partial charge in [-0.25, -0.2) is 0 Å². The molecule has 0 spiro atoms. The molecule has 0 unspecified atom stereocenters. The van der Waals surface area contributed by atoms with Crippen LogP contribution in [0.15, 0.2) is 66.4 Å². The molecule has 0 fully saturated rings. The van der Waals surface area contributed by atoms with Gasteiger partial charge < -0.3 is 15.4 Å². The van der Waals surface area contributed by atoms with Crippen molar-refractivity contribution in [2.75, 3.05) is 20.2 Å². The van der Waals surface area contributed by atoms with Crippen LogP contribution in [0.3, 0.4) is 0 Å². The van der Waals surface area contributed by atoms with Crippen molar-refractivity contribution < 1.29 is 9.53 Å². The van der Waals surface area contributed by atoms with E-state index >= 15 is 0 Å². The molecule has 4 heteroatoms. The molecule has 1 amide bonds. The molecular formula is C28H40N2O2. The van der Waals surface area contributed by atoms with Crippen molar-refractivity contribution in [3.05, 3.63) is 83.1 Å². The lowest BCUT2D eigenvalue weighted by Gasteiger charge is -2.12. The molecule has 0 aliphatic heterocycles. The number of nitrogens with one attached hydrogen (secondary N) is 2. The molecule has 1 aromatic rings. The van der Waals surface area contributed by atoms with Crippen LogP contribution in [0.2, 0.25) is 0 Å². The molecule has 0 saturated heterocycles. The Balaban J connectivity index is 2.92. The van der Waals surface area contributed by atoms with Crippen LogP contribution in [0.4, 0.5) is 0 Å². The Morgan fingerprint density at radius 2 is 1.84 bits per heavy atom. The predicted molar refractivity (Wildman–Crippen MR) is 138 cm³/mol. The summed E-state index contributed by atoms with van der Waals surface area (Å²) >= 11 is 0. The summed E-state index contributed by atoms with van der Waals surface area (Å²) in [6.07, 6.45) is 12.4. The zero-order chi connectivity index (χ0) is 23.9. The number of carbonyl (C=O) groups excluding carboxylic acids is 1. The molecule has 0 radical (unpaired) electrons. The summed E-state index contributed by atoms with van der Waals surface area (Å²) < 4.78 is 5.33. The van der Waals surface area contributed by atoms with Crippen LogP contribution in [0.5, 0.6) is 0 Å². The Labute approximate surface area is 194 Å². The summed E-state index contributed by atoms with van der Waals surface area (Å²) in [7, 11) is 1.60. The Hall–Kier alpha value is -3.01. The van der Waals surface area contributed by atoms with Crippen LogP contribution in [0.25, 0.3) is 11.8 Å². The van der Waals surface area contributed by atoms with Crippen molar-refractivity contribution in [2.45, 2.75) is 53.4 Å². The maximum Gasteiger partial charge on any atom is 0.251 e. The van der Waals surface area contributed by atoms with E-state index in [-0.39, 0.29) is 5.91 Å². The van der Waals surface area contributed by atoms with Gasteiger partial charge in [0, 0.05) is 29.9 Å². The van der Waals surface area contributed by atoms with Gasteiger partial charge in [-0.1, -0.05) is 63.6 Å². The van der Waals surface area contributed by atoms with Gasteiger partial charge in [0.1, 0.15) is 5.76 Å². The van der Waals surface area contributed by atoms with E-state index in [1.807, 2.05) is 24.3 Å². The third kappa shape index (κ3) is 9.42. The van der Waals surface area contributed by atoms with Gasteiger partial charge in [-0.05, 0) is 62.1 Å². The van der Waals surface area contributed by atoms with E-state index in [0.717, 1.165) is 54.6 Å². The second-order valence-electron chi connectivity index (χ2n) is 7.82. The quantitative estimate of drug-likeness (QED) is 0.254. The van der Waals surface area contributed by atoms with Gasteiger partial charge in [-0.3, -0.25) is 4.79 Å². The Kier molecular flexibility index (Phi) is 12.6. The van der Waals surface area contributed by atoms with Crippen LogP contribution < -0.4 is 10.6 Å². The monoisotopic (exact) mass is 436 g/mol. The minimum atomic E-state index is -0.134. The van der Waals surface area contributed by atoms with E-state index in [1.165, 1.54) is 5.57 Å². The van der Waals surface area contributed by atoms with E-state index < -0.39 is 0 Å². The summed E-state index contributed by atoms with van der Waals surface area (Å²) in [6, 6.07) is 5.59. The van der Waals surface area contributed by atoms with E-state index in [2.05, 4.69) is 63.6 Å². The number of carbonyl (C=O) groups is 1. The first kappa shape index (κ1) is 27.0. The Morgan fingerprint density at radius 3 is 2.47 bits per heavy atom. The average molecular weight is 437 g/mol. The van der Waals surface area contributed by atoms with E-state index in [9.17, 15) is 4.79 Å². The lowest BCUT2D eigenvalue weighted by atomic mass is 9.99. The van der Waals surface area contributed by atoms with Crippen molar-refractivity contribution in [1.82, 2.24) is 10.6 Å². The largest absolute Gasteiger partial charge is 0.497 e. The van der Waals surface area contributed by atoms with Crippen LogP contribution in [-0.2, 0) is 4.74 Å². The molecular weight excluding hydrogens is 396 g/mol. The van der Waals surface area contributed by atoms with Gasteiger partial charge in [-0.2, -0.15) is 0 Å². The van der Waals surface area contributed by atoms with Crippen molar-refractivity contribution in [3.8, 4) is 0 Å². The number of rotatable bonds is 14. The molecule has 0 atom stereocenters. The lowest BCUT2D eigenvalue weighted by Crippen LogP contribution is -2.25. The number of benzene rings is 1. The first-order valence-corrected chi connectivity index (χ1v) is 11.5. The average Bonchev–Trinajstić information content (AvgIpc) is 2.78. The van der Waals surface area contributed by atoms with Gasteiger partial charge in [0.15, 0.2) is 0 Å². The van der Waals surface area contributed by atoms with Crippen molar-refractivity contribution >= 4 is 17.7 Å². The molecule has 0 aliphatic rings. The van der Waals surface area contributed by atoms with E-state index in [1.54, 1.807) is 13.2 Å². The van der Waals surface area contributed by atoms with Crippen LogP contribution in [-0.4, -0.2) is 26.1 Å². The minimum Gasteiger partial charge on any atom is -0.497 e. The number of methoxy groups -OCH3 is 1. The van der Waals surface area contributed by atoms with Gasteiger partial charge in [0.05, 0.1) is 7.11 Å². The van der Waals surface area contributed by atoms with Crippen molar-refractivity contribution in [3.63, 3.8) is 0 Å². The molecule has 174 valence electrons. The van der Waals surface area contributed by atoms with Crippen LogP contribution in [0, 0.1) is 0 Å². The number of likely N-dealkylation sites (N-methyl/N-ethyl adjacent to an activating group) is 1. The number of allylic oxidation sites excluding steroid dienone is 3. The highest BCUT2D eigenvalue weighted by Gasteiger charge is 2.11. The third-order valence-electron chi connectivity index (χ3n) is 4.92. The first-order chi connectivity index (χ1) is 15.4. The minimum absolute atomic E-state index is 0.134. The predicted octanol–water partition coefficient (Wildman–Crippen LogP) is 6.64. The zero-order valence-electron chi connectivity index (χ0n) is 20.5. The summed E-state index contributed by atoms with van der Waals surface area (Å²) in [5, 5.41) is 6.30. The maximum atomic E-state index is 12.8. The topological polar surface area (TPSA) is 50.4 Å². The van der Waals surface area contributed by atoms with Gasteiger partial charge in [0.2, 0.25) is 0 Å². The SMILES string of the molecule is C=C(/C=C\C(=C/CCC)NCC)CNC(=O)c1ccc(C(=C)OC)c(/C=C(/C)CCC)c1. The second kappa shape index (κ2) is 14.9. The highest BCUT2D eigenvalue weighted by molar-refractivity contribution is 5.95. The molecule has 4 nitrogen and oxygen atoms in total. The Morgan fingerprint density at radius 1 is 1.09 bits per heavy atom. The van der Waals surface area contributed by atoms with Crippen molar-refractivity contribution in [2.24, 2.45) is 0 Å². The molecule has 32 heavy (non-hydrogen) atoms. The summed E-state index contributed by atoms with van der Waals surface area (Å²) in [4.78, 5) is 12.8. The molecule has 0 aromatic heterocycles. The summed E-state index contributed by atoms with van der Waals surface area (Å²) in [5.74, 6) is 0.448. The second-order valence-corrected chi connectivity index (χ2v) is 7.82. The standard InChI is InChI=1S/C28H40N2O2/c1-8-11-13-26(29-10-3)16-14-22(5)20-30-28(31)24-15-17-27(23(6)32-7)25(19-24)18-21(4)12-9-2/h13-19,29H,5-6,8-12,20H2,1-4,7H3,(H,30,31)/b16-14-,21-18-,26-13+. The van der Waals surface area contributed by atoms with Crippen LogP contribution in [0.1, 0.15) is 74.9 Å². The summed E-state index contributed by atoms with van der Waals surface area (Å²) in [5.41, 5.74) is 5.59. The normalized spacial score (nSPS) is 12.0. The molecule has 0 heterocycles. The lowest BCUT2D eigenvalue weighted by molar-refractivity contribution is 0.0957. The number of amides is 1. The van der Waals surface area contributed by atoms with Gasteiger partial charge in [-0.15, -0.1) is 0 Å². The fourth-order valence-corrected chi connectivity index (χ4v) is 3.18. The number of hydrogen-bond acceptors (Lipinski definition) is 3. The number of ether oxygens (including phenoxy) is 1. The fraction of sp³-hybridized carbons (Fsp3) is 0.393. The van der Waals surface area contributed by atoms with Crippen molar-refractivity contribution in [1.29, 1.82) is 0 Å². The molecule has 1 rings (SSSR count). The Bertz CT molecular complexity index is 875. The van der Waals surface area contributed by atoms with Crippen LogP contribution >= 0.6 is 0 Å². The van der Waals surface area contributed by atoms with Gasteiger partial charge >= 0.3 is 0 Å². The number of unbranched alkanes of at least 4 members (excludes halogenated alkanes) is 1. The highest BCUT2D eigenvalue weighted by atomic mass is 16.5. The summed E-state index contributed by atoms with van der Waals surface area (Å²) in [6.45, 7) is 17.8. The molecule has 0 bridgehead atoms. The zero-order valence-corrected chi connectivity index (χ0v) is 20.5. The number of hydrogen-bond donors (Lipinski definition) is 2. The van der Waals surface area contributed by atoms with E-state index in [4.69, 9.17) is 4.74 Å². The van der Waals surface area contributed by atoms with E-state index in [0.29, 0.717) is 17.9 Å². The molecule has 1 aromatic carbocycles. The highest BCUT2D eigenvalue weighted by Crippen LogP contribution is 2.23. The maximum absolute atomic E-state index is 12.8. The smallest absolute Gasteiger partial charge is 0.251 e. The third-order valence-corrected chi connectivity index (χ3v) is 4.92. The van der Waals surface area contributed by atoms with Gasteiger partial charge in [0.25, 0.3) is 5.91 Å².